The fourth-order valence-electron chi connectivity index (χ4n) is 1.23. The van der Waals surface area contributed by atoms with Gasteiger partial charge in [0.2, 0.25) is 5.91 Å². The predicted molar refractivity (Wildman–Crippen MR) is 55.1 cm³/mol. The van der Waals surface area contributed by atoms with Gasteiger partial charge in [0.15, 0.2) is 0 Å². The van der Waals surface area contributed by atoms with E-state index >= 15 is 0 Å². The summed E-state index contributed by atoms with van der Waals surface area (Å²) in [6.07, 6.45) is -4.61. The van der Waals surface area contributed by atoms with Gasteiger partial charge in [-0.15, -0.1) is 0 Å². The van der Waals surface area contributed by atoms with Crippen molar-refractivity contribution in [1.82, 2.24) is 0 Å². The minimum Gasteiger partial charge on any atom is -0.392 e. The SMILES string of the molecule is NCC(=O)Nc1ccc(CO)cc1C(F)(F)F. The van der Waals surface area contributed by atoms with Crippen LogP contribution in [0.25, 0.3) is 0 Å². The molecule has 1 amide bonds. The molecule has 4 N–H and O–H groups in total. The Morgan fingerprint density at radius 2 is 2.06 bits per heavy atom. The van der Waals surface area contributed by atoms with Gasteiger partial charge in [-0.25, -0.2) is 0 Å². The molecule has 0 aliphatic carbocycles. The molecule has 7 heteroatoms. The normalized spacial score (nSPS) is 11.4. The average molecular weight is 248 g/mol. The smallest absolute Gasteiger partial charge is 0.392 e. The van der Waals surface area contributed by atoms with Gasteiger partial charge >= 0.3 is 6.18 Å². The second-order valence-electron chi connectivity index (χ2n) is 3.29. The number of carbonyl (C=O) groups excluding carboxylic acids is 1. The number of amides is 1. The first-order valence-corrected chi connectivity index (χ1v) is 4.69. The standard InChI is InChI=1S/C10H11F3N2O2/c11-10(12,13)7-3-6(5-16)1-2-8(7)15-9(17)4-14/h1-3,16H,4-5,14H2,(H,15,17). The maximum Gasteiger partial charge on any atom is 0.418 e. The van der Waals surface area contributed by atoms with Crippen LogP contribution in [0.15, 0.2) is 18.2 Å². The van der Waals surface area contributed by atoms with Crippen molar-refractivity contribution in [2.45, 2.75) is 12.8 Å². The number of hydrogen-bond donors (Lipinski definition) is 3. The van der Waals surface area contributed by atoms with Crippen LogP contribution >= 0.6 is 0 Å². The molecule has 0 aliphatic heterocycles. The van der Waals surface area contributed by atoms with Gasteiger partial charge < -0.3 is 16.2 Å². The highest BCUT2D eigenvalue weighted by Gasteiger charge is 2.34. The van der Waals surface area contributed by atoms with Crippen LogP contribution in [0.3, 0.4) is 0 Å². The summed E-state index contributed by atoms with van der Waals surface area (Å²) in [6, 6.07) is 3.16. The summed E-state index contributed by atoms with van der Waals surface area (Å²) in [5.74, 6) is -0.716. The molecule has 0 aromatic heterocycles. The van der Waals surface area contributed by atoms with Gasteiger partial charge in [0.25, 0.3) is 0 Å². The largest absolute Gasteiger partial charge is 0.418 e. The van der Waals surface area contributed by atoms with Crippen molar-refractivity contribution in [2.75, 3.05) is 11.9 Å². The summed E-state index contributed by atoms with van der Waals surface area (Å²) in [4.78, 5) is 11.0. The Labute approximate surface area is 95.2 Å². The van der Waals surface area contributed by atoms with E-state index in [4.69, 9.17) is 10.8 Å². The number of halogens is 3. The number of anilines is 1. The summed E-state index contributed by atoms with van der Waals surface area (Å²) in [5.41, 5.74) is 3.74. The van der Waals surface area contributed by atoms with Crippen molar-refractivity contribution in [3.63, 3.8) is 0 Å². The number of benzene rings is 1. The highest BCUT2D eigenvalue weighted by atomic mass is 19.4. The van der Waals surface area contributed by atoms with E-state index in [1.165, 1.54) is 6.07 Å². The van der Waals surface area contributed by atoms with Gasteiger partial charge in [-0.2, -0.15) is 13.2 Å². The van der Waals surface area contributed by atoms with Crippen molar-refractivity contribution in [2.24, 2.45) is 5.73 Å². The molecule has 0 radical (unpaired) electrons. The van der Waals surface area contributed by atoms with E-state index < -0.39 is 30.8 Å². The Kier molecular flexibility index (Phi) is 4.08. The Morgan fingerprint density at radius 3 is 2.53 bits per heavy atom. The highest BCUT2D eigenvalue weighted by molar-refractivity contribution is 5.93. The van der Waals surface area contributed by atoms with Crippen LogP contribution in [0.5, 0.6) is 0 Å². The number of hydrogen-bond acceptors (Lipinski definition) is 3. The van der Waals surface area contributed by atoms with E-state index in [9.17, 15) is 18.0 Å². The van der Waals surface area contributed by atoms with Crippen molar-refractivity contribution in [3.05, 3.63) is 29.3 Å². The molecule has 0 saturated carbocycles. The third kappa shape index (κ3) is 3.43. The van der Waals surface area contributed by atoms with Gasteiger partial charge in [-0.1, -0.05) is 6.07 Å². The fraction of sp³-hybridized carbons (Fsp3) is 0.300. The molecule has 0 heterocycles. The Bertz CT molecular complexity index is 419. The molecule has 0 unspecified atom stereocenters. The lowest BCUT2D eigenvalue weighted by molar-refractivity contribution is -0.137. The second-order valence-corrected chi connectivity index (χ2v) is 3.29. The number of aliphatic hydroxyl groups excluding tert-OH is 1. The number of nitrogens with two attached hydrogens (primary N) is 1. The molecule has 94 valence electrons. The third-order valence-corrected chi connectivity index (χ3v) is 2.03. The summed E-state index contributed by atoms with van der Waals surface area (Å²) < 4.78 is 38.0. The molecule has 1 rings (SSSR count). The maximum atomic E-state index is 12.7. The molecule has 0 atom stereocenters. The van der Waals surface area contributed by atoms with Crippen LogP contribution in [-0.4, -0.2) is 17.6 Å². The predicted octanol–water partition coefficient (Wildman–Crippen LogP) is 1.09. The van der Waals surface area contributed by atoms with Crippen LogP contribution in [0.1, 0.15) is 11.1 Å². The Hall–Kier alpha value is -1.60. The maximum absolute atomic E-state index is 12.7. The lowest BCUT2D eigenvalue weighted by Crippen LogP contribution is -2.23. The van der Waals surface area contributed by atoms with Crippen molar-refractivity contribution >= 4 is 11.6 Å². The van der Waals surface area contributed by atoms with Crippen LogP contribution < -0.4 is 11.1 Å². The molecule has 0 bridgehead atoms. The van der Waals surface area contributed by atoms with Crippen molar-refractivity contribution < 1.29 is 23.1 Å². The van der Waals surface area contributed by atoms with Gasteiger partial charge in [0.1, 0.15) is 0 Å². The molecule has 1 aromatic carbocycles. The van der Waals surface area contributed by atoms with Crippen molar-refractivity contribution in [1.29, 1.82) is 0 Å². The minimum atomic E-state index is -4.61. The second kappa shape index (κ2) is 5.15. The number of alkyl halides is 3. The van der Waals surface area contributed by atoms with Gasteiger partial charge in [-0.3, -0.25) is 4.79 Å². The van der Waals surface area contributed by atoms with E-state index in [1.54, 1.807) is 0 Å². The fourth-order valence-corrected chi connectivity index (χ4v) is 1.23. The summed E-state index contributed by atoms with van der Waals surface area (Å²) in [6.45, 7) is -0.909. The third-order valence-electron chi connectivity index (χ3n) is 2.03. The number of carbonyl (C=O) groups is 1. The first-order chi connectivity index (χ1) is 7.88. The zero-order valence-corrected chi connectivity index (χ0v) is 8.71. The average Bonchev–Trinajstić information content (AvgIpc) is 2.28. The monoisotopic (exact) mass is 248 g/mol. The highest BCUT2D eigenvalue weighted by Crippen LogP contribution is 2.35. The van der Waals surface area contributed by atoms with Crippen LogP contribution in [0.4, 0.5) is 18.9 Å². The number of nitrogens with one attached hydrogen (secondary N) is 1. The Morgan fingerprint density at radius 1 is 1.41 bits per heavy atom. The zero-order valence-electron chi connectivity index (χ0n) is 8.71. The lowest BCUT2D eigenvalue weighted by Gasteiger charge is -2.14. The molecule has 0 spiro atoms. The molecule has 0 fully saturated rings. The van der Waals surface area contributed by atoms with E-state index in [0.29, 0.717) is 0 Å². The topological polar surface area (TPSA) is 75.4 Å². The van der Waals surface area contributed by atoms with E-state index in [1.807, 2.05) is 0 Å². The summed E-state index contributed by atoms with van der Waals surface area (Å²) in [7, 11) is 0. The number of aliphatic hydroxyl groups is 1. The summed E-state index contributed by atoms with van der Waals surface area (Å²) >= 11 is 0. The van der Waals surface area contributed by atoms with Gasteiger partial charge in [-0.05, 0) is 17.7 Å². The molecule has 1 aromatic rings. The number of rotatable bonds is 3. The first-order valence-electron chi connectivity index (χ1n) is 4.69. The van der Waals surface area contributed by atoms with Gasteiger partial charge in [0, 0.05) is 0 Å². The van der Waals surface area contributed by atoms with Crippen molar-refractivity contribution in [3.8, 4) is 0 Å². The summed E-state index contributed by atoms with van der Waals surface area (Å²) in [5, 5.41) is 10.8. The van der Waals surface area contributed by atoms with Crippen LogP contribution in [0, 0.1) is 0 Å². The van der Waals surface area contributed by atoms with Crippen LogP contribution in [0.2, 0.25) is 0 Å². The molecule has 0 saturated heterocycles. The first kappa shape index (κ1) is 13.5. The molecule has 17 heavy (non-hydrogen) atoms. The molecule has 4 nitrogen and oxygen atoms in total. The van der Waals surface area contributed by atoms with E-state index in [-0.39, 0.29) is 11.3 Å². The van der Waals surface area contributed by atoms with E-state index in [0.717, 1.165) is 12.1 Å². The van der Waals surface area contributed by atoms with Gasteiger partial charge in [0.05, 0.1) is 24.4 Å². The zero-order chi connectivity index (χ0) is 13.1. The van der Waals surface area contributed by atoms with E-state index in [2.05, 4.69) is 5.32 Å². The molecular weight excluding hydrogens is 237 g/mol. The van der Waals surface area contributed by atoms with Crippen LogP contribution in [-0.2, 0) is 17.6 Å². The molecular formula is C10H11F3N2O2. The minimum absolute atomic E-state index is 0.114. The Balaban J connectivity index is 3.16. The molecule has 0 aliphatic rings. The lowest BCUT2D eigenvalue weighted by atomic mass is 10.1. The quantitative estimate of drug-likeness (QED) is 0.749.